The monoisotopic (exact) mass is 589 g/mol. The molecule has 2 aromatic carbocycles. The molecule has 9 nitrogen and oxygen atoms in total. The third-order valence-corrected chi connectivity index (χ3v) is 7.57. The Morgan fingerprint density at radius 2 is 1.82 bits per heavy atom. The lowest BCUT2D eigenvalue weighted by Gasteiger charge is -2.30. The van der Waals surface area contributed by atoms with E-state index in [1.807, 2.05) is 30.3 Å². The van der Waals surface area contributed by atoms with Gasteiger partial charge in [-0.05, 0) is 55.5 Å². The first kappa shape index (κ1) is 29.4. The number of benzene rings is 2. The van der Waals surface area contributed by atoms with E-state index in [1.54, 1.807) is 27.8 Å². The van der Waals surface area contributed by atoms with Crippen molar-refractivity contribution in [1.82, 2.24) is 14.7 Å². The molecule has 1 fully saturated rings. The van der Waals surface area contributed by atoms with Gasteiger partial charge in [0.15, 0.2) is 0 Å². The summed E-state index contributed by atoms with van der Waals surface area (Å²) >= 11 is 12.3. The van der Waals surface area contributed by atoms with Gasteiger partial charge in [0.2, 0.25) is 5.91 Å². The Hall–Kier alpha value is -3.63. The summed E-state index contributed by atoms with van der Waals surface area (Å²) in [4.78, 5) is 42.2. The van der Waals surface area contributed by atoms with E-state index in [9.17, 15) is 18.9 Å². The number of aryl methyl sites for hydroxylation is 1. The van der Waals surface area contributed by atoms with Gasteiger partial charge < -0.3 is 10.2 Å². The Morgan fingerprint density at radius 3 is 2.55 bits per heavy atom. The van der Waals surface area contributed by atoms with Gasteiger partial charge in [0.05, 0.1) is 39.5 Å². The normalized spacial score (nSPS) is 13.7. The van der Waals surface area contributed by atoms with Gasteiger partial charge in [0.25, 0.3) is 0 Å². The molecule has 2 N–H and O–H groups in total. The molecule has 0 bridgehead atoms. The average molecular weight is 590 g/mol. The number of hydrogen-bond donors (Lipinski definition) is 2. The van der Waals surface area contributed by atoms with Gasteiger partial charge in [-0.2, -0.15) is 5.10 Å². The molecule has 0 spiro atoms. The Labute approximate surface area is 241 Å². The van der Waals surface area contributed by atoms with Crippen molar-refractivity contribution in [2.75, 3.05) is 23.7 Å². The zero-order chi connectivity index (χ0) is 28.6. The van der Waals surface area contributed by atoms with Gasteiger partial charge in [-0.25, -0.2) is 14.3 Å². The van der Waals surface area contributed by atoms with Gasteiger partial charge in [-0.15, -0.1) is 0 Å². The van der Waals surface area contributed by atoms with Crippen molar-refractivity contribution < 1.29 is 23.9 Å². The summed E-state index contributed by atoms with van der Waals surface area (Å²) < 4.78 is 13.8. The lowest BCUT2D eigenvalue weighted by atomic mass is 9.96. The summed E-state index contributed by atoms with van der Waals surface area (Å²) in [6, 6.07) is 13.6. The molecule has 1 aromatic heterocycles. The van der Waals surface area contributed by atoms with Crippen LogP contribution < -0.4 is 10.6 Å². The number of halogens is 3. The number of piperidine rings is 1. The van der Waals surface area contributed by atoms with Crippen molar-refractivity contribution in [3.05, 3.63) is 69.8 Å². The minimum absolute atomic E-state index is 0.0931. The van der Waals surface area contributed by atoms with E-state index >= 15 is 0 Å². The fourth-order valence-corrected chi connectivity index (χ4v) is 4.93. The molecule has 3 aromatic rings. The number of carbonyl (C=O) groups excluding carboxylic acids is 3. The Balaban J connectivity index is 1.49. The summed E-state index contributed by atoms with van der Waals surface area (Å²) in [5, 5.41) is 10.8. The molecular formula is C28H30Cl2FN5O4. The highest BCUT2D eigenvalue weighted by atomic mass is 35.5. The first-order valence-corrected chi connectivity index (χ1v) is 13.8. The SMILES string of the molecule is CCCCc1cc(NC(=O)Nc2cccc(Cl)c2Cl)n(-c2cccc(CC(=O)N3CCC(C(=O)OF)CC3)c2)n1. The number of carbonyl (C=O) groups is 3. The standard InChI is InChI=1S/C28H30Cl2FN5O4/c1-2-3-7-20-17-24(33-28(39)32-23-10-5-9-22(29)26(23)30)36(34-20)21-8-4-6-18(15-21)16-25(37)35-13-11-19(12-14-35)27(38)40-31/h4-6,8-10,15,17,19H,2-3,7,11-14,16H2,1H3,(H2,32,33,39). The van der Waals surface area contributed by atoms with Crippen molar-refractivity contribution in [3.8, 4) is 5.69 Å². The Bertz CT molecular complexity index is 1370. The summed E-state index contributed by atoms with van der Waals surface area (Å²) in [7, 11) is 0. The molecule has 4 rings (SSSR count). The zero-order valence-corrected chi connectivity index (χ0v) is 23.5. The molecular weight excluding hydrogens is 560 g/mol. The van der Waals surface area contributed by atoms with Crippen molar-refractivity contribution in [1.29, 1.82) is 0 Å². The van der Waals surface area contributed by atoms with Crippen LogP contribution in [-0.2, 0) is 27.4 Å². The summed E-state index contributed by atoms with van der Waals surface area (Å²) in [6.07, 6.45) is 3.54. The van der Waals surface area contributed by atoms with Gasteiger partial charge >= 0.3 is 12.0 Å². The van der Waals surface area contributed by atoms with E-state index in [-0.39, 0.29) is 17.4 Å². The van der Waals surface area contributed by atoms with Crippen LogP contribution in [-0.4, -0.2) is 45.7 Å². The highest BCUT2D eigenvalue weighted by Gasteiger charge is 2.29. The van der Waals surface area contributed by atoms with E-state index in [2.05, 4.69) is 22.5 Å². The lowest BCUT2D eigenvalue weighted by Crippen LogP contribution is -2.41. The summed E-state index contributed by atoms with van der Waals surface area (Å²) in [5.74, 6) is -1.06. The third kappa shape index (κ3) is 7.31. The molecule has 0 aliphatic carbocycles. The highest BCUT2D eigenvalue weighted by Crippen LogP contribution is 2.30. The van der Waals surface area contributed by atoms with Crippen LogP contribution in [0.1, 0.15) is 43.9 Å². The van der Waals surface area contributed by atoms with Crippen molar-refractivity contribution in [2.45, 2.75) is 45.4 Å². The number of likely N-dealkylation sites (tertiary alicyclic amines) is 1. The second-order valence-corrected chi connectivity index (χ2v) is 10.4. The van der Waals surface area contributed by atoms with Crippen LogP contribution in [0.4, 0.5) is 20.8 Å². The molecule has 40 heavy (non-hydrogen) atoms. The molecule has 0 unspecified atom stereocenters. The van der Waals surface area contributed by atoms with E-state index in [4.69, 9.17) is 28.3 Å². The summed E-state index contributed by atoms with van der Waals surface area (Å²) in [5.41, 5.74) is 2.62. The van der Waals surface area contributed by atoms with Crippen molar-refractivity contribution in [3.63, 3.8) is 0 Å². The number of unbranched alkanes of at least 4 members (excludes halogenated alkanes) is 1. The van der Waals surface area contributed by atoms with Crippen LogP contribution in [0.3, 0.4) is 0 Å². The summed E-state index contributed by atoms with van der Waals surface area (Å²) in [6.45, 7) is 2.81. The number of hydrogen-bond acceptors (Lipinski definition) is 5. The molecule has 1 saturated heterocycles. The maximum atomic E-state index is 12.9. The number of rotatable bonds is 9. The van der Waals surface area contributed by atoms with Crippen LogP contribution in [0.15, 0.2) is 48.5 Å². The second kappa shape index (κ2) is 13.6. The quantitative estimate of drug-likeness (QED) is 0.301. The minimum atomic E-state index is -0.883. The molecule has 0 saturated carbocycles. The van der Waals surface area contributed by atoms with Gasteiger partial charge in [-0.1, -0.05) is 54.7 Å². The maximum Gasteiger partial charge on any atom is 0.351 e. The number of aromatic nitrogens is 2. The first-order valence-electron chi connectivity index (χ1n) is 13.1. The van der Waals surface area contributed by atoms with Crippen LogP contribution in [0, 0.1) is 5.92 Å². The molecule has 212 valence electrons. The average Bonchev–Trinajstić information content (AvgIpc) is 3.36. The zero-order valence-electron chi connectivity index (χ0n) is 22.0. The number of nitrogens with one attached hydrogen (secondary N) is 2. The minimum Gasteiger partial charge on any atom is -0.342 e. The van der Waals surface area contributed by atoms with Crippen LogP contribution in [0.2, 0.25) is 10.0 Å². The van der Waals surface area contributed by atoms with E-state index in [0.717, 1.165) is 30.5 Å². The van der Waals surface area contributed by atoms with Crippen LogP contribution in [0.25, 0.3) is 5.69 Å². The third-order valence-electron chi connectivity index (χ3n) is 6.76. The largest absolute Gasteiger partial charge is 0.351 e. The highest BCUT2D eigenvalue weighted by molar-refractivity contribution is 6.44. The molecule has 12 heteroatoms. The predicted molar refractivity (Wildman–Crippen MR) is 151 cm³/mol. The number of nitrogens with zero attached hydrogens (tertiary/aromatic N) is 3. The molecule has 0 atom stereocenters. The Morgan fingerprint density at radius 1 is 1.07 bits per heavy atom. The smallest absolute Gasteiger partial charge is 0.342 e. The lowest BCUT2D eigenvalue weighted by molar-refractivity contribution is -0.190. The molecule has 1 aliphatic heterocycles. The van der Waals surface area contributed by atoms with E-state index < -0.39 is 17.9 Å². The van der Waals surface area contributed by atoms with Gasteiger partial charge in [-0.3, -0.25) is 15.1 Å². The molecule has 0 radical (unpaired) electrons. The van der Waals surface area contributed by atoms with E-state index in [1.165, 1.54) is 0 Å². The van der Waals surface area contributed by atoms with Crippen molar-refractivity contribution in [2.24, 2.45) is 5.92 Å². The fourth-order valence-electron chi connectivity index (χ4n) is 4.58. The van der Waals surface area contributed by atoms with Gasteiger partial charge in [0.1, 0.15) is 5.82 Å². The fraction of sp³-hybridized carbons (Fsp3) is 0.357. The maximum absolute atomic E-state index is 12.9. The molecule has 2 heterocycles. The second-order valence-electron chi connectivity index (χ2n) is 9.61. The topological polar surface area (TPSA) is 106 Å². The number of anilines is 2. The Kier molecular flexibility index (Phi) is 10.0. The van der Waals surface area contributed by atoms with Crippen LogP contribution in [0.5, 0.6) is 0 Å². The van der Waals surface area contributed by atoms with Crippen LogP contribution >= 0.6 is 23.2 Å². The number of amides is 3. The van der Waals surface area contributed by atoms with Gasteiger partial charge in [0, 0.05) is 23.7 Å². The molecule has 1 aliphatic rings. The van der Waals surface area contributed by atoms with E-state index in [0.29, 0.717) is 48.1 Å². The number of urea groups is 1. The first-order chi connectivity index (χ1) is 19.3. The van der Waals surface area contributed by atoms with Crippen molar-refractivity contribution >= 4 is 52.6 Å². The molecule has 3 amide bonds. The predicted octanol–water partition coefficient (Wildman–Crippen LogP) is 6.37.